The number of thioether (sulfide) groups is 1. The highest BCUT2D eigenvalue weighted by atomic mass is 35.5. The fourth-order valence-corrected chi connectivity index (χ4v) is 3.90. The summed E-state index contributed by atoms with van der Waals surface area (Å²) >= 11 is 7.27. The Morgan fingerprint density at radius 2 is 2.00 bits per heavy atom. The molecule has 33 heavy (non-hydrogen) atoms. The van der Waals surface area contributed by atoms with Crippen LogP contribution in [0.25, 0.3) is 0 Å². The van der Waals surface area contributed by atoms with Crippen LogP contribution in [-0.2, 0) is 11.3 Å². The number of aromatic nitrogens is 3. The molecule has 10 heteroatoms. The van der Waals surface area contributed by atoms with E-state index in [1.165, 1.54) is 36.9 Å². The van der Waals surface area contributed by atoms with Gasteiger partial charge in [-0.25, -0.2) is 4.39 Å². The average molecular weight is 489 g/mol. The van der Waals surface area contributed by atoms with Crippen LogP contribution in [0, 0.1) is 5.82 Å². The molecular formula is C23H22ClFN4O3S. The maximum Gasteiger partial charge on any atom is 0.234 e. The SMILES string of the molecule is C=CCn1c(SCC(=O)Nc2ccc(C(C)=O)cc2)nnc1C(C)Oc1ccc(F)cc1Cl. The topological polar surface area (TPSA) is 86.1 Å². The molecule has 3 rings (SSSR count). The van der Waals surface area contributed by atoms with Crippen molar-refractivity contribution < 1.29 is 18.7 Å². The molecule has 0 bridgehead atoms. The molecule has 0 spiro atoms. The fourth-order valence-electron chi connectivity index (χ4n) is 2.94. The Hall–Kier alpha value is -3.17. The predicted octanol–water partition coefficient (Wildman–Crippen LogP) is 5.33. The van der Waals surface area contributed by atoms with E-state index in [0.717, 1.165) is 0 Å². The summed E-state index contributed by atoms with van der Waals surface area (Å²) in [4.78, 5) is 23.7. The van der Waals surface area contributed by atoms with E-state index in [1.54, 1.807) is 41.8 Å². The van der Waals surface area contributed by atoms with Gasteiger partial charge in [-0.1, -0.05) is 29.4 Å². The normalized spacial score (nSPS) is 11.6. The Bertz CT molecular complexity index is 1170. The molecule has 1 atom stereocenters. The number of rotatable bonds is 10. The van der Waals surface area contributed by atoms with Crippen molar-refractivity contribution in [2.75, 3.05) is 11.1 Å². The molecule has 0 saturated heterocycles. The van der Waals surface area contributed by atoms with E-state index in [2.05, 4.69) is 22.1 Å². The molecule has 0 radical (unpaired) electrons. The quantitative estimate of drug-likeness (QED) is 0.236. The van der Waals surface area contributed by atoms with Gasteiger partial charge >= 0.3 is 0 Å². The lowest BCUT2D eigenvalue weighted by Gasteiger charge is -2.16. The van der Waals surface area contributed by atoms with Crippen molar-refractivity contribution in [1.29, 1.82) is 0 Å². The van der Waals surface area contributed by atoms with Gasteiger partial charge in [0.1, 0.15) is 11.6 Å². The summed E-state index contributed by atoms with van der Waals surface area (Å²) in [6.07, 6.45) is 1.15. The Morgan fingerprint density at radius 3 is 2.64 bits per heavy atom. The first-order chi connectivity index (χ1) is 15.8. The van der Waals surface area contributed by atoms with Crippen LogP contribution in [0.4, 0.5) is 10.1 Å². The number of hydrogen-bond acceptors (Lipinski definition) is 6. The minimum Gasteiger partial charge on any atom is -0.481 e. The summed E-state index contributed by atoms with van der Waals surface area (Å²) in [6.45, 7) is 7.43. The van der Waals surface area contributed by atoms with Gasteiger partial charge < -0.3 is 10.1 Å². The number of carbonyl (C=O) groups excluding carboxylic acids is 2. The van der Waals surface area contributed by atoms with Gasteiger partial charge in [-0.05, 0) is 56.3 Å². The van der Waals surface area contributed by atoms with Gasteiger partial charge in [0.15, 0.2) is 22.9 Å². The molecule has 1 heterocycles. The molecule has 1 N–H and O–H groups in total. The number of nitrogens with one attached hydrogen (secondary N) is 1. The highest BCUT2D eigenvalue weighted by molar-refractivity contribution is 7.99. The number of hydrogen-bond donors (Lipinski definition) is 1. The number of anilines is 1. The molecule has 0 aliphatic rings. The molecule has 7 nitrogen and oxygen atoms in total. The largest absolute Gasteiger partial charge is 0.481 e. The number of halogens is 2. The van der Waals surface area contributed by atoms with Crippen molar-refractivity contribution in [2.45, 2.75) is 31.7 Å². The lowest BCUT2D eigenvalue weighted by molar-refractivity contribution is -0.113. The van der Waals surface area contributed by atoms with Crippen LogP contribution < -0.4 is 10.1 Å². The van der Waals surface area contributed by atoms with Crippen molar-refractivity contribution in [1.82, 2.24) is 14.8 Å². The monoisotopic (exact) mass is 488 g/mol. The highest BCUT2D eigenvalue weighted by Crippen LogP contribution is 2.30. The van der Waals surface area contributed by atoms with Gasteiger partial charge in [-0.15, -0.1) is 16.8 Å². The van der Waals surface area contributed by atoms with Crippen molar-refractivity contribution in [3.8, 4) is 5.75 Å². The van der Waals surface area contributed by atoms with E-state index >= 15 is 0 Å². The fraction of sp³-hybridized carbons (Fsp3) is 0.217. The average Bonchev–Trinajstić information content (AvgIpc) is 3.17. The molecule has 1 unspecified atom stereocenters. The summed E-state index contributed by atoms with van der Waals surface area (Å²) in [5.74, 6) is 0.207. The number of Topliss-reactive ketones (excluding diaryl/α,β-unsaturated/α-hetero) is 1. The van der Waals surface area contributed by atoms with Crippen molar-refractivity contribution >= 4 is 40.7 Å². The zero-order chi connectivity index (χ0) is 24.0. The van der Waals surface area contributed by atoms with Gasteiger partial charge in [-0.2, -0.15) is 0 Å². The maximum absolute atomic E-state index is 13.3. The predicted molar refractivity (Wildman–Crippen MR) is 126 cm³/mol. The molecule has 3 aromatic rings. The second-order valence-corrected chi connectivity index (χ2v) is 8.39. The van der Waals surface area contributed by atoms with E-state index < -0.39 is 11.9 Å². The number of ketones is 1. The second-order valence-electron chi connectivity index (χ2n) is 7.05. The minimum atomic E-state index is -0.539. The first-order valence-electron chi connectivity index (χ1n) is 9.97. The summed E-state index contributed by atoms with van der Waals surface area (Å²) in [7, 11) is 0. The first-order valence-corrected chi connectivity index (χ1v) is 11.3. The summed E-state index contributed by atoms with van der Waals surface area (Å²) < 4.78 is 20.9. The van der Waals surface area contributed by atoms with E-state index in [0.29, 0.717) is 34.5 Å². The van der Waals surface area contributed by atoms with E-state index in [1.807, 2.05) is 0 Å². The van der Waals surface area contributed by atoms with Gasteiger partial charge in [0.2, 0.25) is 5.91 Å². The van der Waals surface area contributed by atoms with Crippen molar-refractivity contribution in [3.05, 3.63) is 77.3 Å². The van der Waals surface area contributed by atoms with Gasteiger partial charge in [-0.3, -0.25) is 14.2 Å². The molecule has 172 valence electrons. The third-order valence-corrected chi connectivity index (χ3v) is 5.79. The smallest absolute Gasteiger partial charge is 0.234 e. The zero-order valence-corrected chi connectivity index (χ0v) is 19.6. The van der Waals surface area contributed by atoms with Crippen LogP contribution in [0.5, 0.6) is 5.75 Å². The summed E-state index contributed by atoms with van der Waals surface area (Å²) in [5, 5.41) is 11.8. The number of allylic oxidation sites excluding steroid dienone is 1. The van der Waals surface area contributed by atoms with Gasteiger partial charge in [0.25, 0.3) is 0 Å². The van der Waals surface area contributed by atoms with E-state index in [4.69, 9.17) is 16.3 Å². The molecule has 1 amide bonds. The molecule has 1 aromatic heterocycles. The zero-order valence-electron chi connectivity index (χ0n) is 18.0. The minimum absolute atomic E-state index is 0.0410. The molecular weight excluding hydrogens is 467 g/mol. The number of benzene rings is 2. The van der Waals surface area contributed by atoms with Crippen LogP contribution in [0.1, 0.15) is 36.1 Å². The van der Waals surface area contributed by atoms with Crippen LogP contribution in [0.3, 0.4) is 0 Å². The second kappa shape index (κ2) is 11.1. The molecule has 2 aromatic carbocycles. The Balaban J connectivity index is 1.66. The molecule has 0 aliphatic heterocycles. The standard InChI is InChI=1S/C23H22ClFN4O3S/c1-4-11-29-22(15(3)32-20-10-7-17(25)12-19(20)24)27-28-23(29)33-13-21(31)26-18-8-5-16(6-9-18)14(2)30/h4-10,12,15H,1,11,13H2,2-3H3,(H,26,31). The first kappa shape index (κ1) is 24.5. The van der Waals surface area contributed by atoms with Crippen LogP contribution in [-0.4, -0.2) is 32.2 Å². The number of amides is 1. The van der Waals surface area contributed by atoms with Crippen LogP contribution in [0.2, 0.25) is 5.02 Å². The Kier molecular flexibility index (Phi) is 8.24. The van der Waals surface area contributed by atoms with Crippen LogP contribution >= 0.6 is 23.4 Å². The Morgan fingerprint density at radius 1 is 1.27 bits per heavy atom. The lowest BCUT2D eigenvalue weighted by atomic mass is 10.1. The van der Waals surface area contributed by atoms with E-state index in [9.17, 15) is 14.0 Å². The van der Waals surface area contributed by atoms with Crippen molar-refractivity contribution in [2.24, 2.45) is 0 Å². The molecule has 0 fully saturated rings. The summed E-state index contributed by atoms with van der Waals surface area (Å²) in [6, 6.07) is 10.6. The Labute approximate surface area is 200 Å². The summed E-state index contributed by atoms with van der Waals surface area (Å²) in [5.41, 5.74) is 1.17. The molecule has 0 aliphatic carbocycles. The number of carbonyl (C=O) groups is 2. The third kappa shape index (κ3) is 6.43. The molecule has 0 saturated carbocycles. The van der Waals surface area contributed by atoms with E-state index in [-0.39, 0.29) is 22.5 Å². The number of nitrogens with zero attached hydrogens (tertiary/aromatic N) is 3. The highest BCUT2D eigenvalue weighted by Gasteiger charge is 2.20. The maximum atomic E-state index is 13.3. The van der Waals surface area contributed by atoms with Crippen LogP contribution in [0.15, 0.2) is 60.3 Å². The third-order valence-electron chi connectivity index (χ3n) is 4.53. The van der Waals surface area contributed by atoms with Gasteiger partial charge in [0.05, 0.1) is 10.8 Å². The van der Waals surface area contributed by atoms with Gasteiger partial charge in [0, 0.05) is 17.8 Å². The lowest BCUT2D eigenvalue weighted by Crippen LogP contribution is -2.15. The van der Waals surface area contributed by atoms with Crippen molar-refractivity contribution in [3.63, 3.8) is 0 Å². The number of ether oxygens (including phenoxy) is 1.